The van der Waals surface area contributed by atoms with Crippen LogP contribution in [0.4, 0.5) is 0 Å². The topological polar surface area (TPSA) is 72.4 Å². The van der Waals surface area contributed by atoms with Crippen LogP contribution in [0.25, 0.3) is 27.6 Å². The SMILES string of the molecule is CC[C@@H](Sc1nc2ccc(Br)cc2c2nc3ccccc3n12)C(=O)NCc1ccco1. The normalized spacial score (nSPS) is 12.6. The minimum atomic E-state index is -0.292. The van der Waals surface area contributed by atoms with Gasteiger partial charge in [-0.2, -0.15) is 0 Å². The highest BCUT2D eigenvalue weighted by Crippen LogP contribution is 2.32. The van der Waals surface area contributed by atoms with Crippen LogP contribution >= 0.6 is 27.7 Å². The summed E-state index contributed by atoms with van der Waals surface area (Å²) < 4.78 is 8.34. The molecule has 1 atom stereocenters. The molecule has 5 rings (SSSR count). The molecule has 0 aliphatic rings. The summed E-state index contributed by atoms with van der Waals surface area (Å²) in [5, 5.41) is 4.39. The van der Waals surface area contributed by atoms with E-state index in [1.165, 1.54) is 11.8 Å². The highest BCUT2D eigenvalue weighted by Gasteiger charge is 2.22. The molecule has 8 heteroatoms. The minimum absolute atomic E-state index is 0.0424. The van der Waals surface area contributed by atoms with Crippen molar-refractivity contribution >= 4 is 61.2 Å². The fourth-order valence-corrected chi connectivity index (χ4v) is 4.98. The highest BCUT2D eigenvalue weighted by atomic mass is 79.9. The number of thioether (sulfide) groups is 1. The minimum Gasteiger partial charge on any atom is -0.467 e. The zero-order chi connectivity index (χ0) is 21.4. The number of hydrogen-bond acceptors (Lipinski definition) is 5. The molecule has 0 aliphatic heterocycles. The van der Waals surface area contributed by atoms with Gasteiger partial charge in [0.15, 0.2) is 5.16 Å². The zero-order valence-electron chi connectivity index (χ0n) is 16.7. The molecule has 3 aromatic heterocycles. The summed E-state index contributed by atoms with van der Waals surface area (Å²) in [6, 6.07) is 17.6. The van der Waals surface area contributed by atoms with E-state index in [1.807, 2.05) is 61.5 Å². The summed E-state index contributed by atoms with van der Waals surface area (Å²) in [5.41, 5.74) is 3.55. The fourth-order valence-electron chi connectivity index (χ4n) is 3.57. The maximum Gasteiger partial charge on any atom is 0.233 e. The Morgan fingerprint density at radius 2 is 2.03 bits per heavy atom. The number of fused-ring (bicyclic) bond motifs is 5. The number of para-hydroxylation sites is 2. The molecule has 3 heterocycles. The summed E-state index contributed by atoms with van der Waals surface area (Å²) in [5.74, 6) is 0.685. The van der Waals surface area contributed by atoms with E-state index in [1.54, 1.807) is 6.26 Å². The number of aromatic nitrogens is 3. The average molecular weight is 495 g/mol. The second kappa shape index (κ2) is 8.36. The molecule has 0 saturated heterocycles. The lowest BCUT2D eigenvalue weighted by molar-refractivity contribution is -0.120. The van der Waals surface area contributed by atoms with E-state index in [2.05, 4.69) is 25.6 Å². The van der Waals surface area contributed by atoms with Crippen LogP contribution in [0.2, 0.25) is 0 Å². The van der Waals surface area contributed by atoms with Crippen LogP contribution in [-0.4, -0.2) is 25.5 Å². The van der Waals surface area contributed by atoms with E-state index in [4.69, 9.17) is 14.4 Å². The third kappa shape index (κ3) is 3.81. The largest absolute Gasteiger partial charge is 0.467 e. The summed E-state index contributed by atoms with van der Waals surface area (Å²) in [7, 11) is 0. The van der Waals surface area contributed by atoms with Crippen LogP contribution in [0.15, 0.2) is 74.9 Å². The molecular weight excluding hydrogens is 476 g/mol. The summed E-state index contributed by atoms with van der Waals surface area (Å²) in [6.07, 6.45) is 2.27. The van der Waals surface area contributed by atoms with Gasteiger partial charge in [-0.1, -0.05) is 46.7 Å². The lowest BCUT2D eigenvalue weighted by Crippen LogP contribution is -2.32. The molecule has 31 heavy (non-hydrogen) atoms. The van der Waals surface area contributed by atoms with Gasteiger partial charge in [0.1, 0.15) is 11.4 Å². The molecule has 0 aliphatic carbocycles. The Labute approximate surface area is 191 Å². The predicted molar refractivity (Wildman–Crippen MR) is 126 cm³/mol. The van der Waals surface area contributed by atoms with Gasteiger partial charge < -0.3 is 9.73 Å². The van der Waals surface area contributed by atoms with Crippen LogP contribution in [0, 0.1) is 0 Å². The van der Waals surface area contributed by atoms with Crippen molar-refractivity contribution in [2.45, 2.75) is 30.3 Å². The van der Waals surface area contributed by atoms with Gasteiger partial charge in [-0.25, -0.2) is 9.97 Å². The molecule has 0 spiro atoms. The van der Waals surface area contributed by atoms with Crippen molar-refractivity contribution in [1.29, 1.82) is 0 Å². The monoisotopic (exact) mass is 494 g/mol. The number of nitrogens with one attached hydrogen (secondary N) is 1. The molecule has 0 saturated carbocycles. The molecule has 0 radical (unpaired) electrons. The molecule has 2 aromatic carbocycles. The number of benzene rings is 2. The molecule has 156 valence electrons. The maximum atomic E-state index is 12.9. The van der Waals surface area contributed by atoms with Crippen molar-refractivity contribution in [2.75, 3.05) is 0 Å². The van der Waals surface area contributed by atoms with Gasteiger partial charge in [-0.15, -0.1) is 0 Å². The first-order valence-corrected chi connectivity index (χ1v) is 11.6. The number of halogens is 1. The summed E-state index contributed by atoms with van der Waals surface area (Å²) >= 11 is 5.01. The van der Waals surface area contributed by atoms with E-state index in [0.29, 0.717) is 13.0 Å². The first kappa shape index (κ1) is 20.1. The van der Waals surface area contributed by atoms with Gasteiger partial charge >= 0.3 is 0 Å². The molecule has 6 nitrogen and oxygen atoms in total. The molecule has 0 unspecified atom stereocenters. The van der Waals surface area contributed by atoms with Crippen LogP contribution in [0.3, 0.4) is 0 Å². The molecule has 0 bridgehead atoms. The smallest absolute Gasteiger partial charge is 0.233 e. The standard InChI is InChI=1S/C23H19BrN4O2S/c1-2-20(22(29)25-13-15-6-5-11-30-15)31-23-27-17-10-9-14(24)12-16(17)21-26-18-7-3-4-8-19(18)28(21)23/h3-12,20H,2,13H2,1H3,(H,25,29)/t20-/m1/s1. The van der Waals surface area contributed by atoms with E-state index >= 15 is 0 Å². The van der Waals surface area contributed by atoms with Crippen molar-refractivity contribution in [3.8, 4) is 0 Å². The third-order valence-electron chi connectivity index (χ3n) is 5.10. The molecule has 1 N–H and O–H groups in total. The summed E-state index contributed by atoms with van der Waals surface area (Å²) in [4.78, 5) is 22.7. The third-order valence-corrected chi connectivity index (χ3v) is 6.91. The maximum absolute atomic E-state index is 12.9. The molecular formula is C23H19BrN4O2S. The Kier molecular flexibility index (Phi) is 5.41. The van der Waals surface area contributed by atoms with Gasteiger partial charge in [-0.3, -0.25) is 9.20 Å². The Balaban J connectivity index is 1.57. The molecule has 0 fully saturated rings. The zero-order valence-corrected chi connectivity index (χ0v) is 19.1. The summed E-state index contributed by atoms with van der Waals surface area (Å²) in [6.45, 7) is 2.37. The van der Waals surface area contributed by atoms with Gasteiger partial charge in [0.2, 0.25) is 5.91 Å². The van der Waals surface area contributed by atoms with Crippen LogP contribution in [0.5, 0.6) is 0 Å². The number of carbonyl (C=O) groups excluding carboxylic acids is 1. The van der Waals surface area contributed by atoms with Gasteiger partial charge in [0, 0.05) is 9.86 Å². The average Bonchev–Trinajstić information content (AvgIpc) is 3.44. The predicted octanol–water partition coefficient (Wildman–Crippen LogP) is 5.58. The van der Waals surface area contributed by atoms with Crippen molar-refractivity contribution in [1.82, 2.24) is 19.7 Å². The number of nitrogens with zero attached hydrogens (tertiary/aromatic N) is 3. The van der Waals surface area contributed by atoms with E-state index in [0.717, 1.165) is 43.0 Å². The van der Waals surface area contributed by atoms with Gasteiger partial charge in [0.25, 0.3) is 0 Å². The Hall–Kier alpha value is -2.84. The number of amides is 1. The number of rotatable bonds is 6. The van der Waals surface area contributed by atoms with Gasteiger partial charge in [0.05, 0.1) is 34.6 Å². The van der Waals surface area contributed by atoms with Crippen LogP contribution in [-0.2, 0) is 11.3 Å². The first-order valence-electron chi connectivity index (χ1n) is 9.97. The Morgan fingerprint density at radius 1 is 1.16 bits per heavy atom. The lowest BCUT2D eigenvalue weighted by Gasteiger charge is -2.15. The fraction of sp³-hybridized carbons (Fsp3) is 0.174. The van der Waals surface area contributed by atoms with Crippen LogP contribution in [0.1, 0.15) is 19.1 Å². The van der Waals surface area contributed by atoms with E-state index in [-0.39, 0.29) is 11.2 Å². The number of hydrogen-bond donors (Lipinski definition) is 1. The number of carbonyl (C=O) groups is 1. The molecule has 5 aromatic rings. The number of furan rings is 1. The number of imidazole rings is 1. The van der Waals surface area contributed by atoms with E-state index in [9.17, 15) is 4.79 Å². The lowest BCUT2D eigenvalue weighted by atomic mass is 10.2. The van der Waals surface area contributed by atoms with Gasteiger partial charge in [-0.05, 0) is 48.9 Å². The Bertz CT molecular complexity index is 1400. The van der Waals surface area contributed by atoms with E-state index < -0.39 is 0 Å². The van der Waals surface area contributed by atoms with Crippen molar-refractivity contribution in [2.24, 2.45) is 0 Å². The second-order valence-electron chi connectivity index (χ2n) is 7.13. The first-order chi connectivity index (χ1) is 15.1. The van der Waals surface area contributed by atoms with Crippen molar-refractivity contribution in [3.05, 3.63) is 71.1 Å². The Morgan fingerprint density at radius 3 is 2.84 bits per heavy atom. The quantitative estimate of drug-likeness (QED) is 0.246. The second-order valence-corrected chi connectivity index (χ2v) is 9.21. The highest BCUT2D eigenvalue weighted by molar-refractivity contribution is 9.10. The molecule has 1 amide bonds. The van der Waals surface area contributed by atoms with Crippen LogP contribution < -0.4 is 5.32 Å². The van der Waals surface area contributed by atoms with Crippen molar-refractivity contribution < 1.29 is 9.21 Å². The van der Waals surface area contributed by atoms with Crippen molar-refractivity contribution in [3.63, 3.8) is 0 Å².